The number of halogens is 2. The number of carbonyl (C=O) groups excluding carboxylic acids is 1. The number of benzene rings is 1. The van der Waals surface area contributed by atoms with E-state index >= 15 is 0 Å². The summed E-state index contributed by atoms with van der Waals surface area (Å²) in [5.41, 5.74) is 9.73. The van der Waals surface area contributed by atoms with Crippen molar-refractivity contribution in [2.24, 2.45) is 11.7 Å². The molecule has 1 aliphatic rings. The minimum absolute atomic E-state index is 0. The van der Waals surface area contributed by atoms with Crippen LogP contribution >= 0.6 is 0 Å². The molecule has 4 radical (unpaired) electrons. The average Bonchev–Trinajstić information content (AvgIpc) is 2.66. The Hall–Kier alpha value is -0.350. The minimum Gasteiger partial charge on any atom is -1.00 e. The zero-order valence-electron chi connectivity index (χ0n) is 16.5. The van der Waals surface area contributed by atoms with Gasteiger partial charge in [-0.15, -0.1) is 6.92 Å². The Balaban J connectivity index is -0.0000000631. The topological polar surface area (TPSA) is 52.3 Å². The van der Waals surface area contributed by atoms with Gasteiger partial charge in [0.25, 0.3) is 5.91 Å². The van der Waals surface area contributed by atoms with Crippen LogP contribution in [0.5, 0.6) is 5.75 Å². The molecule has 26 heavy (non-hydrogen) atoms. The standard InChI is InChI=1S/C9H13.C8H9NO2.2CH3.2ClH.Si.Zr/c1-6-5-7(2)9(4)8(6)3;1-11-7-5-3-2-4-6(7)8(9)10;;;;;;/h6H,1-4H3;2-5H,1H3,(H2,9,10);2*1H3;2*1H;;/q-1;;2*-1;;;;+2/p-2. The van der Waals surface area contributed by atoms with Crippen molar-refractivity contribution in [3.8, 4) is 5.75 Å². The number of para-hydroxylation sites is 1. The van der Waals surface area contributed by atoms with Gasteiger partial charge in [-0.2, -0.15) is 11.1 Å². The molecule has 3 nitrogen and oxygen atoms in total. The minimum atomic E-state index is -0.470. The van der Waals surface area contributed by atoms with Gasteiger partial charge >= 0.3 is 26.2 Å². The molecular weight excluding hydrogens is 464 g/mol. The van der Waals surface area contributed by atoms with Crippen LogP contribution in [-0.4, -0.2) is 24.0 Å². The van der Waals surface area contributed by atoms with Gasteiger partial charge in [-0.1, -0.05) is 38.8 Å². The molecule has 2 rings (SSSR count). The van der Waals surface area contributed by atoms with E-state index in [2.05, 4.69) is 33.8 Å². The predicted molar refractivity (Wildman–Crippen MR) is 100 cm³/mol. The van der Waals surface area contributed by atoms with Gasteiger partial charge in [-0.05, 0) is 12.1 Å². The zero-order chi connectivity index (χ0) is 15.3. The van der Waals surface area contributed by atoms with Crippen LogP contribution in [0.4, 0.5) is 0 Å². The number of primary amides is 1. The molecule has 0 aliphatic heterocycles. The fraction of sp³-hybridized carbons (Fsp3) is 0.316. The predicted octanol–water partition coefficient (Wildman–Crippen LogP) is -1.96. The van der Waals surface area contributed by atoms with Crippen molar-refractivity contribution >= 4 is 16.9 Å². The smallest absolute Gasteiger partial charge is 1.00 e. The Bertz CT molecular complexity index is 578. The first-order valence-electron chi connectivity index (χ1n) is 6.59. The monoisotopic (exact) mass is 490 g/mol. The maximum Gasteiger partial charge on any atom is 2.00 e. The molecule has 146 valence electrons. The Kier molecular flexibility index (Phi) is 30.1. The summed E-state index contributed by atoms with van der Waals surface area (Å²) in [4.78, 5) is 10.7. The maximum atomic E-state index is 10.7. The Labute approximate surface area is 196 Å². The third-order valence-electron chi connectivity index (χ3n) is 3.61. The molecule has 0 saturated heterocycles. The van der Waals surface area contributed by atoms with Crippen molar-refractivity contribution in [2.45, 2.75) is 27.7 Å². The summed E-state index contributed by atoms with van der Waals surface area (Å²) in [7, 11) is 1.50. The molecule has 0 saturated carbocycles. The van der Waals surface area contributed by atoms with Crippen molar-refractivity contribution in [2.75, 3.05) is 7.11 Å². The van der Waals surface area contributed by atoms with Gasteiger partial charge in [0.2, 0.25) is 0 Å². The molecule has 1 aliphatic carbocycles. The maximum absolute atomic E-state index is 10.7. The Morgan fingerprint density at radius 3 is 1.81 bits per heavy atom. The fourth-order valence-corrected chi connectivity index (χ4v) is 2.01. The number of allylic oxidation sites excluding steroid dienone is 4. The first-order valence-corrected chi connectivity index (χ1v) is 6.59. The molecule has 0 bridgehead atoms. The summed E-state index contributed by atoms with van der Waals surface area (Å²) in [5.74, 6) is 0.604. The van der Waals surface area contributed by atoms with E-state index in [1.54, 1.807) is 24.3 Å². The third-order valence-corrected chi connectivity index (χ3v) is 3.61. The Morgan fingerprint density at radius 1 is 1.12 bits per heavy atom. The molecule has 2 N–H and O–H groups in total. The van der Waals surface area contributed by atoms with E-state index in [0.29, 0.717) is 17.2 Å². The number of ether oxygens (including phenoxy) is 1. The van der Waals surface area contributed by atoms with E-state index in [1.165, 1.54) is 23.8 Å². The molecule has 0 aromatic heterocycles. The molecule has 0 heterocycles. The van der Waals surface area contributed by atoms with E-state index in [-0.39, 0.29) is 76.8 Å². The van der Waals surface area contributed by atoms with Gasteiger partial charge in [-0.3, -0.25) is 10.9 Å². The summed E-state index contributed by atoms with van der Waals surface area (Å²) in [6.45, 7) is 8.67. The Morgan fingerprint density at radius 2 is 1.58 bits per heavy atom. The molecule has 1 unspecified atom stereocenters. The van der Waals surface area contributed by atoms with Crippen LogP contribution in [0.2, 0.25) is 0 Å². The van der Waals surface area contributed by atoms with Crippen molar-refractivity contribution in [1.29, 1.82) is 0 Å². The van der Waals surface area contributed by atoms with Gasteiger partial charge in [-0.25, -0.2) is 5.57 Å². The summed E-state index contributed by atoms with van der Waals surface area (Å²) >= 11 is 0. The van der Waals surface area contributed by atoms with Gasteiger partial charge in [0.15, 0.2) is 0 Å². The number of nitrogens with two attached hydrogens (primary N) is 1. The van der Waals surface area contributed by atoms with Crippen LogP contribution in [0.15, 0.2) is 41.0 Å². The number of hydrogen-bond acceptors (Lipinski definition) is 2. The fourth-order valence-electron chi connectivity index (χ4n) is 2.01. The van der Waals surface area contributed by atoms with Gasteiger partial charge in [0.1, 0.15) is 5.75 Å². The van der Waals surface area contributed by atoms with Gasteiger partial charge in [0.05, 0.1) is 12.7 Å². The van der Waals surface area contributed by atoms with Crippen molar-refractivity contribution in [3.63, 3.8) is 0 Å². The van der Waals surface area contributed by atoms with Crippen molar-refractivity contribution < 1.29 is 60.5 Å². The number of rotatable bonds is 2. The van der Waals surface area contributed by atoms with E-state index < -0.39 is 5.91 Å². The van der Waals surface area contributed by atoms with E-state index in [4.69, 9.17) is 10.5 Å². The van der Waals surface area contributed by atoms with Crippen LogP contribution < -0.4 is 35.3 Å². The van der Waals surface area contributed by atoms with Crippen molar-refractivity contribution in [1.82, 2.24) is 0 Å². The SMILES string of the molecule is CC1=[C-]C(C)C(C)=C1C.COc1ccccc1C(N)=O.[CH3-].[CH3-].[Cl-].[Cl-].[Si].[Zr+2]. The molecule has 1 amide bonds. The molecule has 0 fully saturated rings. The second-order valence-electron chi connectivity index (χ2n) is 4.86. The first kappa shape index (κ1) is 40.4. The largest absolute Gasteiger partial charge is 2.00 e. The normalized spacial score (nSPS) is 13.3. The second-order valence-corrected chi connectivity index (χ2v) is 4.86. The summed E-state index contributed by atoms with van der Waals surface area (Å²) in [5, 5.41) is 0. The first-order chi connectivity index (χ1) is 9.38. The van der Waals surface area contributed by atoms with E-state index in [0.717, 1.165) is 0 Å². The number of amides is 1. The second kappa shape index (κ2) is 19.4. The number of methoxy groups -OCH3 is 1. The van der Waals surface area contributed by atoms with Gasteiger partial charge in [0, 0.05) is 11.0 Å². The molecule has 1 atom stereocenters. The third kappa shape index (κ3) is 11.4. The zero-order valence-corrected chi connectivity index (χ0v) is 21.5. The average molecular weight is 493 g/mol. The number of hydrogen-bond donors (Lipinski definition) is 1. The van der Waals surface area contributed by atoms with Crippen molar-refractivity contribution in [3.05, 3.63) is 67.5 Å². The molecule has 1 aromatic carbocycles. The van der Waals surface area contributed by atoms with Crippen LogP contribution in [0, 0.1) is 26.8 Å². The van der Waals surface area contributed by atoms with Crippen LogP contribution in [0.3, 0.4) is 0 Å². The summed E-state index contributed by atoms with van der Waals surface area (Å²) in [6.07, 6.45) is 3.36. The van der Waals surface area contributed by atoms with E-state index in [9.17, 15) is 4.79 Å². The molecule has 1 aromatic rings. The summed E-state index contributed by atoms with van der Waals surface area (Å²) < 4.78 is 4.91. The van der Waals surface area contributed by atoms with E-state index in [1.807, 2.05) is 0 Å². The summed E-state index contributed by atoms with van der Waals surface area (Å²) in [6, 6.07) is 6.84. The van der Waals surface area contributed by atoms with Crippen LogP contribution in [0.25, 0.3) is 0 Å². The van der Waals surface area contributed by atoms with Crippen LogP contribution in [0.1, 0.15) is 38.1 Å². The molecule has 0 spiro atoms. The number of carbonyl (C=O) groups is 1. The quantitative estimate of drug-likeness (QED) is 0.385. The molecule has 7 heteroatoms. The molecular formula is C19H28Cl2NO2SiZr-3. The van der Waals surface area contributed by atoms with Gasteiger partial charge < -0.3 is 50.1 Å². The van der Waals surface area contributed by atoms with Crippen LogP contribution in [-0.2, 0) is 26.2 Å².